The van der Waals surface area contributed by atoms with Crippen molar-refractivity contribution in [1.29, 1.82) is 0 Å². The smallest absolute Gasteiger partial charge is 0.190 e. The standard InChI is InChI=1S/C18H24N2O2S/c1-4-5-6-15-7-9-16(10-8-15)19-18-20(11-12-21)13(2)17(23-18)14(3)22/h7-10,21H,4-6,11-12H2,1-3H3. The number of hydrogen-bond acceptors (Lipinski definition) is 4. The molecule has 0 amide bonds. The van der Waals surface area contributed by atoms with Gasteiger partial charge < -0.3 is 9.67 Å². The van der Waals surface area contributed by atoms with Crippen LogP contribution in [0.1, 0.15) is 47.6 Å². The molecule has 1 aromatic carbocycles. The van der Waals surface area contributed by atoms with Gasteiger partial charge in [-0.25, -0.2) is 4.99 Å². The van der Waals surface area contributed by atoms with E-state index in [9.17, 15) is 9.90 Å². The molecule has 0 unspecified atom stereocenters. The van der Waals surface area contributed by atoms with E-state index in [0.717, 1.165) is 22.6 Å². The predicted molar refractivity (Wildman–Crippen MR) is 94.4 cm³/mol. The lowest BCUT2D eigenvalue weighted by molar-refractivity contribution is 0.102. The molecule has 0 saturated carbocycles. The lowest BCUT2D eigenvalue weighted by Gasteiger charge is -2.04. The average molecular weight is 332 g/mol. The molecule has 0 bridgehead atoms. The van der Waals surface area contributed by atoms with Gasteiger partial charge in [0.05, 0.1) is 17.2 Å². The zero-order chi connectivity index (χ0) is 16.8. The van der Waals surface area contributed by atoms with Crippen LogP contribution in [-0.2, 0) is 13.0 Å². The number of carbonyl (C=O) groups excluding carboxylic acids is 1. The van der Waals surface area contributed by atoms with Crippen LogP contribution >= 0.6 is 11.3 Å². The van der Waals surface area contributed by atoms with E-state index in [0.29, 0.717) is 11.4 Å². The third-order valence-corrected chi connectivity index (χ3v) is 5.06. The fraction of sp³-hybridized carbons (Fsp3) is 0.444. The van der Waals surface area contributed by atoms with E-state index in [2.05, 4.69) is 24.0 Å². The Hall–Kier alpha value is -1.72. The third kappa shape index (κ3) is 4.39. The van der Waals surface area contributed by atoms with Gasteiger partial charge in [0, 0.05) is 19.2 Å². The number of carbonyl (C=O) groups is 1. The Balaban J connectivity index is 2.38. The highest BCUT2D eigenvalue weighted by Crippen LogP contribution is 2.17. The van der Waals surface area contributed by atoms with Crippen molar-refractivity contribution in [2.45, 2.75) is 46.6 Å². The maximum Gasteiger partial charge on any atom is 0.190 e. The first kappa shape index (κ1) is 17.6. The summed E-state index contributed by atoms with van der Waals surface area (Å²) in [5.74, 6) is 0.0375. The molecule has 4 nitrogen and oxygen atoms in total. The van der Waals surface area contributed by atoms with Gasteiger partial charge in [0.2, 0.25) is 0 Å². The van der Waals surface area contributed by atoms with E-state index in [-0.39, 0.29) is 12.4 Å². The monoisotopic (exact) mass is 332 g/mol. The molecule has 1 heterocycles. The summed E-state index contributed by atoms with van der Waals surface area (Å²) in [6.45, 7) is 6.13. The lowest BCUT2D eigenvalue weighted by Crippen LogP contribution is -2.18. The van der Waals surface area contributed by atoms with Gasteiger partial charge >= 0.3 is 0 Å². The first-order valence-electron chi connectivity index (χ1n) is 8.02. The van der Waals surface area contributed by atoms with Crippen molar-refractivity contribution < 1.29 is 9.90 Å². The first-order valence-corrected chi connectivity index (χ1v) is 8.84. The molecule has 1 aromatic heterocycles. The molecular formula is C18H24N2O2S. The molecular weight excluding hydrogens is 308 g/mol. The van der Waals surface area contributed by atoms with Gasteiger partial charge in [-0.05, 0) is 37.5 Å². The summed E-state index contributed by atoms with van der Waals surface area (Å²) in [5.41, 5.74) is 3.06. The van der Waals surface area contributed by atoms with Gasteiger partial charge in [-0.3, -0.25) is 4.79 Å². The van der Waals surface area contributed by atoms with Crippen molar-refractivity contribution in [2.75, 3.05) is 6.61 Å². The molecule has 0 aliphatic heterocycles. The fourth-order valence-corrected chi connectivity index (χ4v) is 3.56. The summed E-state index contributed by atoms with van der Waals surface area (Å²) < 4.78 is 1.91. The Morgan fingerprint density at radius 2 is 2.00 bits per heavy atom. The highest BCUT2D eigenvalue weighted by atomic mass is 32.1. The van der Waals surface area contributed by atoms with Crippen molar-refractivity contribution in [2.24, 2.45) is 4.99 Å². The zero-order valence-corrected chi connectivity index (χ0v) is 14.8. The first-order chi connectivity index (χ1) is 11.1. The summed E-state index contributed by atoms with van der Waals surface area (Å²) >= 11 is 1.38. The van der Waals surface area contributed by atoms with Crippen LogP contribution in [-0.4, -0.2) is 22.1 Å². The maximum atomic E-state index is 11.7. The van der Waals surface area contributed by atoms with Gasteiger partial charge in [-0.1, -0.05) is 36.8 Å². The number of hydrogen-bond donors (Lipinski definition) is 1. The van der Waals surface area contributed by atoms with Crippen molar-refractivity contribution >= 4 is 22.8 Å². The van der Waals surface area contributed by atoms with E-state index < -0.39 is 0 Å². The number of aliphatic hydroxyl groups excluding tert-OH is 1. The number of nitrogens with zero attached hydrogens (tertiary/aromatic N) is 2. The van der Waals surface area contributed by atoms with Gasteiger partial charge in [0.25, 0.3) is 0 Å². The molecule has 23 heavy (non-hydrogen) atoms. The highest BCUT2D eigenvalue weighted by Gasteiger charge is 2.13. The molecule has 0 aliphatic rings. The number of benzene rings is 1. The second-order valence-electron chi connectivity index (χ2n) is 5.61. The van der Waals surface area contributed by atoms with Crippen LogP contribution < -0.4 is 4.80 Å². The molecule has 1 N–H and O–H groups in total. The number of unbranched alkanes of at least 4 members (excludes halogenated alkanes) is 1. The SMILES string of the molecule is CCCCc1ccc(N=c2sc(C(C)=O)c(C)n2CCO)cc1. The molecule has 0 radical (unpaired) electrons. The second kappa shape index (κ2) is 8.22. The van der Waals surface area contributed by atoms with Gasteiger partial charge in [0.15, 0.2) is 10.6 Å². The molecule has 5 heteroatoms. The maximum absolute atomic E-state index is 11.7. The summed E-state index contributed by atoms with van der Waals surface area (Å²) in [7, 11) is 0. The normalized spacial score (nSPS) is 11.9. The zero-order valence-electron chi connectivity index (χ0n) is 14.0. The van der Waals surface area contributed by atoms with Crippen LogP contribution in [0.5, 0.6) is 0 Å². The molecule has 0 atom stereocenters. The van der Waals surface area contributed by atoms with E-state index in [1.807, 2.05) is 23.6 Å². The fourth-order valence-electron chi connectivity index (χ4n) is 2.49. The molecule has 2 rings (SSSR count). The van der Waals surface area contributed by atoms with E-state index in [1.165, 1.54) is 29.7 Å². The van der Waals surface area contributed by atoms with Crippen molar-refractivity contribution in [3.05, 3.63) is 45.2 Å². The Kier molecular flexibility index (Phi) is 6.30. The Bertz CT molecular complexity index is 726. The van der Waals surface area contributed by atoms with Crippen molar-refractivity contribution in [3.8, 4) is 0 Å². The lowest BCUT2D eigenvalue weighted by atomic mass is 10.1. The number of aryl methyl sites for hydroxylation is 1. The molecule has 0 aliphatic carbocycles. The largest absolute Gasteiger partial charge is 0.395 e. The Labute approximate surface area is 141 Å². The summed E-state index contributed by atoms with van der Waals surface area (Å²) in [6.07, 6.45) is 3.47. The van der Waals surface area contributed by atoms with E-state index in [1.54, 1.807) is 6.92 Å². The number of rotatable bonds is 7. The number of aliphatic hydroxyl groups is 1. The molecule has 124 valence electrons. The van der Waals surface area contributed by atoms with Gasteiger partial charge in [-0.15, -0.1) is 0 Å². The molecule has 2 aromatic rings. The van der Waals surface area contributed by atoms with E-state index in [4.69, 9.17) is 0 Å². The number of ketones is 1. The molecule has 0 spiro atoms. The van der Waals surface area contributed by atoms with E-state index >= 15 is 0 Å². The third-order valence-electron chi connectivity index (χ3n) is 3.78. The minimum absolute atomic E-state index is 0.0259. The number of aromatic nitrogens is 1. The number of Topliss-reactive ketones (excluding diaryl/α,β-unsaturated/α-hetero) is 1. The van der Waals surface area contributed by atoms with Gasteiger partial charge in [-0.2, -0.15) is 0 Å². The number of thiazole rings is 1. The minimum Gasteiger partial charge on any atom is -0.395 e. The van der Waals surface area contributed by atoms with Gasteiger partial charge in [0.1, 0.15) is 0 Å². The quantitative estimate of drug-likeness (QED) is 0.787. The summed E-state index contributed by atoms with van der Waals surface area (Å²) in [6, 6.07) is 8.24. The van der Waals surface area contributed by atoms with Crippen molar-refractivity contribution in [3.63, 3.8) is 0 Å². The predicted octanol–water partition coefficient (Wildman–Crippen LogP) is 3.63. The van der Waals surface area contributed by atoms with Crippen LogP contribution in [0.25, 0.3) is 0 Å². The van der Waals surface area contributed by atoms with Crippen molar-refractivity contribution in [1.82, 2.24) is 4.57 Å². The van der Waals surface area contributed by atoms with Crippen LogP contribution in [0.15, 0.2) is 29.3 Å². The topological polar surface area (TPSA) is 54.6 Å². The van der Waals surface area contributed by atoms with Crippen LogP contribution in [0.3, 0.4) is 0 Å². The van der Waals surface area contributed by atoms with Crippen LogP contribution in [0.2, 0.25) is 0 Å². The minimum atomic E-state index is 0.0259. The summed E-state index contributed by atoms with van der Waals surface area (Å²) in [4.78, 5) is 17.8. The molecule has 0 saturated heterocycles. The molecule has 0 fully saturated rings. The summed E-state index contributed by atoms with van der Waals surface area (Å²) in [5, 5.41) is 9.26. The Morgan fingerprint density at radius 3 is 2.57 bits per heavy atom. The second-order valence-corrected chi connectivity index (χ2v) is 6.59. The Morgan fingerprint density at radius 1 is 1.30 bits per heavy atom. The highest BCUT2D eigenvalue weighted by molar-refractivity contribution is 7.11. The van der Waals surface area contributed by atoms with Crippen LogP contribution in [0.4, 0.5) is 5.69 Å². The van der Waals surface area contributed by atoms with Crippen LogP contribution in [0, 0.1) is 6.92 Å². The average Bonchev–Trinajstić information content (AvgIpc) is 2.84.